The third kappa shape index (κ3) is 8.47. The number of benzene rings is 2. The Kier molecular flexibility index (Phi) is 11.2. The largest absolute Gasteiger partial charge is 0.385 e. The predicted molar refractivity (Wildman–Crippen MR) is 191 cm³/mol. The van der Waals surface area contributed by atoms with E-state index >= 15 is 0 Å². The van der Waals surface area contributed by atoms with Gasteiger partial charge in [-0.2, -0.15) is 0 Å². The van der Waals surface area contributed by atoms with E-state index in [-0.39, 0.29) is 18.0 Å². The van der Waals surface area contributed by atoms with Gasteiger partial charge in [0.15, 0.2) is 0 Å². The van der Waals surface area contributed by atoms with Crippen LogP contribution in [0.4, 0.5) is 4.79 Å². The molecule has 3 amide bonds. The van der Waals surface area contributed by atoms with Crippen molar-refractivity contribution in [1.82, 2.24) is 30.4 Å². The molecule has 0 aliphatic carbocycles. The van der Waals surface area contributed by atoms with E-state index in [9.17, 15) is 14.7 Å². The fourth-order valence-electron chi connectivity index (χ4n) is 7.27. The number of hydrogen-bond donors (Lipinski definition) is 3. The molecule has 1 atom stereocenters. The number of hydrogen-bond acceptors (Lipinski definition) is 6. The number of piperidine rings is 2. The smallest absolute Gasteiger partial charge is 0.315 e. The molecule has 2 fully saturated rings. The van der Waals surface area contributed by atoms with Crippen molar-refractivity contribution in [2.45, 2.75) is 55.6 Å². The summed E-state index contributed by atoms with van der Waals surface area (Å²) < 4.78 is 0. The molecule has 1 unspecified atom stereocenters. The molecule has 2 aliphatic rings. The summed E-state index contributed by atoms with van der Waals surface area (Å²) in [6.07, 6.45) is 9.43. The van der Waals surface area contributed by atoms with Crippen molar-refractivity contribution >= 4 is 23.5 Å². The Morgan fingerprint density at radius 3 is 2.31 bits per heavy atom. The summed E-state index contributed by atoms with van der Waals surface area (Å²) in [5, 5.41) is 18.4. The number of rotatable bonds is 11. The number of halogens is 1. The van der Waals surface area contributed by atoms with Gasteiger partial charge in [-0.05, 0) is 92.6 Å². The number of nitrogens with zero attached hydrogens (tertiary/aromatic N) is 4. The summed E-state index contributed by atoms with van der Waals surface area (Å²) in [5.74, 6) is -0.0270. The maximum Gasteiger partial charge on any atom is 0.315 e. The highest BCUT2D eigenvalue weighted by atomic mass is 35.5. The number of aliphatic hydroxyl groups is 1. The summed E-state index contributed by atoms with van der Waals surface area (Å²) >= 11 is 6.08. The summed E-state index contributed by atoms with van der Waals surface area (Å²) in [4.78, 5) is 39.4. The number of nitrogens with one attached hydrogen (secondary N) is 2. The van der Waals surface area contributed by atoms with Crippen LogP contribution in [0.2, 0.25) is 5.02 Å². The zero-order valence-corrected chi connectivity index (χ0v) is 28.6. The van der Waals surface area contributed by atoms with Crippen molar-refractivity contribution in [3.63, 3.8) is 0 Å². The van der Waals surface area contributed by atoms with Gasteiger partial charge in [0.2, 0.25) is 0 Å². The average molecular weight is 681 g/mol. The van der Waals surface area contributed by atoms with Gasteiger partial charge in [-0.25, -0.2) is 4.79 Å². The molecule has 6 rings (SSSR count). The molecule has 0 saturated carbocycles. The maximum absolute atomic E-state index is 13.4. The summed E-state index contributed by atoms with van der Waals surface area (Å²) in [6, 6.07) is 27.1. The van der Waals surface area contributed by atoms with Gasteiger partial charge in [0.25, 0.3) is 5.91 Å². The van der Waals surface area contributed by atoms with E-state index in [1.807, 2.05) is 65.7 Å². The van der Waals surface area contributed by atoms with Crippen molar-refractivity contribution < 1.29 is 14.7 Å². The summed E-state index contributed by atoms with van der Waals surface area (Å²) in [7, 11) is 0. The van der Waals surface area contributed by atoms with Gasteiger partial charge in [-0.3, -0.25) is 14.8 Å². The van der Waals surface area contributed by atoms with Crippen LogP contribution < -0.4 is 10.6 Å². The average Bonchev–Trinajstić information content (AvgIpc) is 3.15. The number of amides is 3. The maximum atomic E-state index is 13.4. The van der Waals surface area contributed by atoms with Crippen LogP contribution in [0.3, 0.4) is 0 Å². The van der Waals surface area contributed by atoms with Crippen LogP contribution >= 0.6 is 11.6 Å². The molecule has 2 saturated heterocycles. The Morgan fingerprint density at radius 2 is 1.63 bits per heavy atom. The second kappa shape index (κ2) is 15.9. The minimum Gasteiger partial charge on any atom is -0.385 e. The second-order valence-electron chi connectivity index (χ2n) is 13.3. The van der Waals surface area contributed by atoms with E-state index in [4.69, 9.17) is 16.6 Å². The molecule has 3 N–H and O–H groups in total. The van der Waals surface area contributed by atoms with Crippen molar-refractivity contribution in [3.8, 4) is 0 Å². The van der Waals surface area contributed by atoms with E-state index < -0.39 is 11.0 Å². The molecule has 0 bridgehead atoms. The molecule has 0 radical (unpaired) electrons. The van der Waals surface area contributed by atoms with Gasteiger partial charge >= 0.3 is 6.03 Å². The Labute approximate surface area is 293 Å². The van der Waals surface area contributed by atoms with Crippen LogP contribution in [-0.4, -0.2) is 82.1 Å². The number of aromatic nitrogens is 2. The molecule has 49 heavy (non-hydrogen) atoms. The Balaban J connectivity index is 1.08. The van der Waals surface area contributed by atoms with E-state index in [2.05, 4.69) is 38.7 Å². The molecule has 2 aromatic heterocycles. The van der Waals surface area contributed by atoms with Crippen molar-refractivity contribution in [2.75, 3.05) is 39.3 Å². The molecular formula is C39H45ClN6O3. The number of urea groups is 1. The van der Waals surface area contributed by atoms with Crippen LogP contribution in [-0.2, 0) is 11.0 Å². The minimum atomic E-state index is -0.842. The molecule has 4 heterocycles. The third-order valence-corrected chi connectivity index (χ3v) is 10.5. The number of likely N-dealkylation sites (tertiary alicyclic amines) is 2. The predicted octanol–water partition coefficient (Wildman–Crippen LogP) is 5.78. The Morgan fingerprint density at radius 1 is 0.898 bits per heavy atom. The van der Waals surface area contributed by atoms with Gasteiger partial charge in [-0.15, -0.1) is 0 Å². The summed E-state index contributed by atoms with van der Waals surface area (Å²) in [6.45, 7) is 4.01. The Bertz CT molecular complexity index is 1600. The Hall–Kier alpha value is -4.31. The van der Waals surface area contributed by atoms with Crippen molar-refractivity contribution in [2.24, 2.45) is 0 Å². The van der Waals surface area contributed by atoms with Crippen molar-refractivity contribution in [3.05, 3.63) is 131 Å². The normalized spacial score (nSPS) is 18.0. The lowest BCUT2D eigenvalue weighted by atomic mass is 9.73. The number of pyridine rings is 2. The highest BCUT2D eigenvalue weighted by molar-refractivity contribution is 6.30. The molecule has 0 spiro atoms. The highest BCUT2D eigenvalue weighted by Crippen LogP contribution is 2.37. The molecule has 256 valence electrons. The quantitative estimate of drug-likeness (QED) is 0.185. The molecule has 9 nitrogen and oxygen atoms in total. The number of carbonyl (C=O) groups excluding carboxylic acids is 2. The van der Waals surface area contributed by atoms with E-state index in [0.717, 1.165) is 49.3 Å². The molecule has 10 heteroatoms. The fraction of sp³-hybridized carbons (Fsp3) is 0.385. The lowest BCUT2D eigenvalue weighted by molar-refractivity contribution is -0.0262. The highest BCUT2D eigenvalue weighted by Gasteiger charge is 2.38. The molecular weight excluding hydrogens is 636 g/mol. The second-order valence-corrected chi connectivity index (χ2v) is 13.7. The molecule has 2 aromatic carbocycles. The zero-order valence-electron chi connectivity index (χ0n) is 27.8. The SMILES string of the molecule is O=C(NCC(CCCN1CCC(O)(c2ccc(Cl)cc2)CC1)(c1ccccc1)c1ccccn1)NC1CCN(C(=O)c2cccnc2)CC1. The first-order valence-electron chi connectivity index (χ1n) is 17.3. The van der Waals surface area contributed by atoms with Gasteiger partial charge < -0.3 is 25.5 Å². The van der Waals surface area contributed by atoms with Crippen molar-refractivity contribution in [1.29, 1.82) is 0 Å². The standard InChI is InChI=1S/C39H45ClN6O3/c40-33-14-12-32(13-15-33)39(49)19-26-45(27-20-39)23-7-18-38(31-9-2-1-3-10-31,35-11-4-5-22-42-35)29-43-37(48)44-34-16-24-46(25-17-34)36(47)30-8-6-21-41-28-30/h1-6,8-15,21-22,28,34,49H,7,16-20,23-27,29H2,(H2,43,44,48). The van der Waals surface area contributed by atoms with Gasteiger partial charge in [0, 0.05) is 62.4 Å². The van der Waals surface area contributed by atoms with Crippen LogP contribution in [0.1, 0.15) is 65.7 Å². The minimum absolute atomic E-state index is 0.0236. The lowest BCUT2D eigenvalue weighted by Crippen LogP contribution is -2.51. The van der Waals surface area contributed by atoms with Crippen LogP contribution in [0.5, 0.6) is 0 Å². The zero-order chi connectivity index (χ0) is 34.1. The van der Waals surface area contributed by atoms with Gasteiger partial charge in [-0.1, -0.05) is 60.1 Å². The monoisotopic (exact) mass is 680 g/mol. The van der Waals surface area contributed by atoms with E-state index in [1.54, 1.807) is 24.5 Å². The topological polar surface area (TPSA) is 111 Å². The van der Waals surface area contributed by atoms with Crippen LogP contribution in [0.15, 0.2) is 104 Å². The first kappa shape index (κ1) is 34.5. The molecule has 2 aliphatic heterocycles. The first-order valence-corrected chi connectivity index (χ1v) is 17.6. The third-order valence-electron chi connectivity index (χ3n) is 10.2. The first-order chi connectivity index (χ1) is 23.8. The van der Waals surface area contributed by atoms with E-state index in [1.165, 1.54) is 0 Å². The molecule has 4 aromatic rings. The van der Waals surface area contributed by atoms with Crippen LogP contribution in [0.25, 0.3) is 0 Å². The number of carbonyl (C=O) groups is 2. The van der Waals surface area contributed by atoms with E-state index in [0.29, 0.717) is 55.9 Å². The fourth-order valence-corrected chi connectivity index (χ4v) is 7.40. The van der Waals surface area contributed by atoms with Gasteiger partial charge in [0.1, 0.15) is 0 Å². The van der Waals surface area contributed by atoms with Gasteiger partial charge in [0.05, 0.1) is 22.3 Å². The lowest BCUT2D eigenvalue weighted by Gasteiger charge is -2.39. The summed E-state index contributed by atoms with van der Waals surface area (Å²) in [5.41, 5.74) is 2.14. The van der Waals surface area contributed by atoms with Crippen LogP contribution in [0, 0.1) is 0 Å².